The van der Waals surface area contributed by atoms with Crippen LogP contribution in [0, 0.1) is 0 Å². The highest BCUT2D eigenvalue weighted by Gasteiger charge is 2.58. The summed E-state index contributed by atoms with van der Waals surface area (Å²) in [6.45, 7) is 6.86. The minimum absolute atomic E-state index is 0.103. The van der Waals surface area contributed by atoms with Crippen LogP contribution >= 0.6 is 0 Å². The molecule has 3 fully saturated rings. The van der Waals surface area contributed by atoms with Crippen LogP contribution in [0.1, 0.15) is 32.4 Å². The Kier molecular flexibility index (Phi) is 4.74. The smallest absolute Gasteiger partial charge is 0.434 e. The second-order valence-corrected chi connectivity index (χ2v) is 8.82. The first-order valence-corrected chi connectivity index (χ1v) is 10.8. The molecule has 0 aliphatic carbocycles. The van der Waals surface area contributed by atoms with E-state index in [4.69, 9.17) is 4.74 Å². The maximum atomic E-state index is 13.5. The van der Waals surface area contributed by atoms with Gasteiger partial charge >= 0.3 is 12.1 Å². The fourth-order valence-corrected chi connectivity index (χ4v) is 5.21. The summed E-state index contributed by atoms with van der Waals surface area (Å²) in [5.74, 6) is -0.481. The molecular weight excluding hydrogens is 427 g/mol. The number of carbonyl (C=O) groups excluding carboxylic acids is 2. The molecule has 5 heterocycles. The summed E-state index contributed by atoms with van der Waals surface area (Å²) in [5, 5.41) is 0. The van der Waals surface area contributed by atoms with Crippen molar-refractivity contribution in [3.05, 3.63) is 29.2 Å². The number of likely N-dealkylation sites (tertiary alicyclic amines) is 2. The number of amides is 1. The minimum Gasteiger partial charge on any atom is -0.450 e. The molecule has 0 aromatic carbocycles. The number of nitrogens with zero attached hydrogens (tertiary/aromatic N) is 5. The van der Waals surface area contributed by atoms with E-state index in [0.29, 0.717) is 43.3 Å². The van der Waals surface area contributed by atoms with Crippen molar-refractivity contribution >= 4 is 17.7 Å². The van der Waals surface area contributed by atoms with Crippen LogP contribution in [0.25, 0.3) is 0 Å². The van der Waals surface area contributed by atoms with Gasteiger partial charge in [0.15, 0.2) is 5.69 Å². The SMILES string of the molecule is CCN1CCC2(CC1)OC(=O)C(C)=C2C(=O)N1CC2C1CN2c1cncc(C(F)(F)F)n1. The molecule has 0 radical (unpaired) electrons. The fraction of sp³-hybridized carbons (Fsp3) is 0.619. The molecule has 8 nitrogen and oxygen atoms in total. The molecule has 0 bridgehead atoms. The van der Waals surface area contributed by atoms with Crippen LogP contribution in [-0.4, -0.2) is 82.1 Å². The highest BCUT2D eigenvalue weighted by molar-refractivity contribution is 6.07. The topological polar surface area (TPSA) is 78.9 Å². The van der Waals surface area contributed by atoms with Gasteiger partial charge in [0, 0.05) is 44.6 Å². The summed E-state index contributed by atoms with van der Waals surface area (Å²) in [6, 6.07) is -0.226. The Hall–Kier alpha value is -2.69. The van der Waals surface area contributed by atoms with Crippen LogP contribution < -0.4 is 4.90 Å². The van der Waals surface area contributed by atoms with Gasteiger partial charge in [-0.15, -0.1) is 0 Å². The molecule has 1 aromatic rings. The predicted molar refractivity (Wildman–Crippen MR) is 107 cm³/mol. The second kappa shape index (κ2) is 7.16. The normalized spacial score (nSPS) is 27.2. The van der Waals surface area contributed by atoms with E-state index in [0.717, 1.165) is 19.6 Å². The number of ether oxygens (including phenoxy) is 1. The third-order valence-electron chi connectivity index (χ3n) is 7.23. The molecular formula is C21H24F3N5O3. The van der Waals surface area contributed by atoms with Gasteiger partial charge in [0.05, 0.1) is 30.1 Å². The maximum Gasteiger partial charge on any atom is 0.434 e. The number of esters is 1. The molecule has 4 aliphatic rings. The Morgan fingerprint density at radius 1 is 1.22 bits per heavy atom. The van der Waals surface area contributed by atoms with E-state index in [1.54, 1.807) is 16.7 Å². The van der Waals surface area contributed by atoms with E-state index in [-0.39, 0.29) is 23.8 Å². The largest absolute Gasteiger partial charge is 0.450 e. The third kappa shape index (κ3) is 3.08. The first-order chi connectivity index (χ1) is 15.1. The fourth-order valence-electron chi connectivity index (χ4n) is 5.21. The summed E-state index contributed by atoms with van der Waals surface area (Å²) in [7, 11) is 0. The maximum absolute atomic E-state index is 13.5. The summed E-state index contributed by atoms with van der Waals surface area (Å²) >= 11 is 0. The molecule has 0 saturated carbocycles. The number of piperazine rings is 1. The minimum atomic E-state index is -4.56. The van der Waals surface area contributed by atoms with E-state index in [9.17, 15) is 22.8 Å². The third-order valence-corrected chi connectivity index (χ3v) is 7.23. The average molecular weight is 451 g/mol. The van der Waals surface area contributed by atoms with Gasteiger partial charge in [-0.2, -0.15) is 13.2 Å². The van der Waals surface area contributed by atoms with Crippen LogP contribution in [-0.2, 0) is 20.5 Å². The number of halogens is 3. The quantitative estimate of drug-likeness (QED) is 0.647. The van der Waals surface area contributed by atoms with Gasteiger partial charge in [0.1, 0.15) is 11.4 Å². The van der Waals surface area contributed by atoms with Crippen molar-refractivity contribution in [1.29, 1.82) is 0 Å². The summed E-state index contributed by atoms with van der Waals surface area (Å²) in [6.07, 6.45) is -1.39. The number of aromatic nitrogens is 2. The molecule has 0 N–H and O–H groups in total. The van der Waals surface area contributed by atoms with Crippen molar-refractivity contribution in [1.82, 2.24) is 19.8 Å². The van der Waals surface area contributed by atoms with Crippen molar-refractivity contribution in [2.24, 2.45) is 0 Å². The van der Waals surface area contributed by atoms with Crippen LogP contribution in [0.15, 0.2) is 23.5 Å². The van der Waals surface area contributed by atoms with Gasteiger partial charge in [-0.3, -0.25) is 9.78 Å². The van der Waals surface area contributed by atoms with Gasteiger partial charge in [0.2, 0.25) is 0 Å². The molecule has 3 saturated heterocycles. The summed E-state index contributed by atoms with van der Waals surface area (Å²) in [5.41, 5.74) is -1.09. The van der Waals surface area contributed by atoms with Crippen LogP contribution in [0.3, 0.4) is 0 Å². The first kappa shape index (κ1) is 21.2. The number of fused-ring (bicyclic) bond motifs is 1. The Morgan fingerprint density at radius 3 is 2.53 bits per heavy atom. The van der Waals surface area contributed by atoms with Gasteiger partial charge in [-0.25, -0.2) is 9.78 Å². The molecule has 4 aliphatic heterocycles. The Labute approximate surface area is 183 Å². The Balaban J connectivity index is 1.30. The van der Waals surface area contributed by atoms with E-state index in [1.807, 2.05) is 0 Å². The zero-order valence-electron chi connectivity index (χ0n) is 17.9. The lowest BCUT2D eigenvalue weighted by Crippen LogP contribution is -2.80. The molecule has 1 aromatic heterocycles. The van der Waals surface area contributed by atoms with Crippen LogP contribution in [0.5, 0.6) is 0 Å². The number of hydrogen-bond donors (Lipinski definition) is 0. The number of hydrogen-bond acceptors (Lipinski definition) is 7. The van der Waals surface area contributed by atoms with Crippen molar-refractivity contribution < 1.29 is 27.5 Å². The summed E-state index contributed by atoms with van der Waals surface area (Å²) < 4.78 is 44.6. The molecule has 2 unspecified atom stereocenters. The van der Waals surface area contributed by atoms with Crippen LogP contribution in [0.2, 0.25) is 0 Å². The second-order valence-electron chi connectivity index (χ2n) is 8.82. The lowest BCUT2D eigenvalue weighted by molar-refractivity contribution is -0.153. The molecule has 32 heavy (non-hydrogen) atoms. The number of anilines is 1. The molecule has 2 atom stereocenters. The van der Waals surface area contributed by atoms with Crippen molar-refractivity contribution in [2.45, 2.75) is 50.6 Å². The van der Waals surface area contributed by atoms with Gasteiger partial charge < -0.3 is 19.4 Å². The Morgan fingerprint density at radius 2 is 1.94 bits per heavy atom. The Bertz CT molecular complexity index is 1000. The standard InChI is InChI=1S/C21H24F3N5O3/c1-3-27-6-4-20(5-7-27)17(12(2)19(31)32-20)18(30)29-11-13-14(29)10-28(13)16-9-25-8-15(26-16)21(22,23)24/h8-9,13-14H,3-7,10-11H2,1-2H3. The van der Waals surface area contributed by atoms with Gasteiger partial charge in [-0.1, -0.05) is 6.92 Å². The lowest BCUT2D eigenvalue weighted by Gasteiger charge is -2.62. The van der Waals surface area contributed by atoms with E-state index < -0.39 is 23.4 Å². The van der Waals surface area contributed by atoms with Gasteiger partial charge in [0.25, 0.3) is 5.91 Å². The zero-order valence-corrected chi connectivity index (χ0v) is 17.9. The molecule has 1 amide bonds. The number of piperidine rings is 1. The molecule has 1 spiro atoms. The summed E-state index contributed by atoms with van der Waals surface area (Å²) in [4.78, 5) is 38.9. The van der Waals surface area contributed by atoms with Crippen molar-refractivity contribution in [2.75, 3.05) is 37.6 Å². The molecule has 11 heteroatoms. The number of alkyl halides is 3. The number of carbonyl (C=O) groups is 2. The molecule has 5 rings (SSSR count). The monoisotopic (exact) mass is 451 g/mol. The lowest BCUT2D eigenvalue weighted by atomic mass is 9.79. The van der Waals surface area contributed by atoms with Crippen LogP contribution in [0.4, 0.5) is 19.0 Å². The van der Waals surface area contributed by atoms with E-state index in [1.165, 1.54) is 6.20 Å². The van der Waals surface area contributed by atoms with E-state index in [2.05, 4.69) is 21.8 Å². The first-order valence-electron chi connectivity index (χ1n) is 10.8. The average Bonchev–Trinajstić information content (AvgIpc) is 2.98. The molecule has 172 valence electrons. The highest BCUT2D eigenvalue weighted by Crippen LogP contribution is 2.45. The van der Waals surface area contributed by atoms with E-state index >= 15 is 0 Å². The number of rotatable bonds is 3. The predicted octanol–water partition coefficient (Wildman–Crippen LogP) is 1.62. The zero-order chi connectivity index (χ0) is 22.8. The van der Waals surface area contributed by atoms with Crippen molar-refractivity contribution in [3.8, 4) is 0 Å². The van der Waals surface area contributed by atoms with Crippen molar-refractivity contribution in [3.63, 3.8) is 0 Å². The van der Waals surface area contributed by atoms with Gasteiger partial charge in [-0.05, 0) is 13.5 Å². The highest BCUT2D eigenvalue weighted by atomic mass is 19.4.